The molecule has 0 aromatic heterocycles. The lowest BCUT2D eigenvalue weighted by atomic mass is 9.78. The van der Waals surface area contributed by atoms with Crippen LogP contribution in [0.3, 0.4) is 0 Å². The molecule has 0 N–H and O–H groups in total. The minimum atomic E-state index is -0.208. The van der Waals surface area contributed by atoms with Crippen LogP contribution >= 0.6 is 11.6 Å². The molecule has 0 aliphatic carbocycles. The van der Waals surface area contributed by atoms with Crippen molar-refractivity contribution in [3.05, 3.63) is 34.6 Å². The maximum Gasteiger partial charge on any atom is 0.128 e. The third kappa shape index (κ3) is 2.48. The molecule has 0 spiro atoms. The van der Waals surface area contributed by atoms with Gasteiger partial charge in [0, 0.05) is 5.02 Å². The van der Waals surface area contributed by atoms with Crippen LogP contribution in [0, 0.1) is 11.2 Å². The highest BCUT2D eigenvalue weighted by Crippen LogP contribution is 2.36. The van der Waals surface area contributed by atoms with Gasteiger partial charge >= 0.3 is 0 Å². The second-order valence-corrected chi connectivity index (χ2v) is 5.19. The molecule has 0 unspecified atom stereocenters. The van der Waals surface area contributed by atoms with Crippen molar-refractivity contribution < 1.29 is 4.39 Å². The molecule has 0 aliphatic heterocycles. The molecular formula is C12H16ClF. The van der Waals surface area contributed by atoms with Crippen molar-refractivity contribution in [2.45, 2.75) is 33.6 Å². The summed E-state index contributed by atoms with van der Waals surface area (Å²) >= 11 is 5.70. The zero-order valence-corrected chi connectivity index (χ0v) is 9.82. The van der Waals surface area contributed by atoms with E-state index in [-0.39, 0.29) is 17.2 Å². The quantitative estimate of drug-likeness (QED) is 0.640. The SMILES string of the molecule is C[C@@H](c1ccc(Cl)cc1F)C(C)(C)C. The number of benzene rings is 1. The van der Waals surface area contributed by atoms with Crippen molar-refractivity contribution in [1.82, 2.24) is 0 Å². The molecule has 1 rings (SSSR count). The van der Waals surface area contributed by atoms with Crippen LogP contribution in [-0.4, -0.2) is 0 Å². The Labute approximate surface area is 90.1 Å². The summed E-state index contributed by atoms with van der Waals surface area (Å²) in [7, 11) is 0. The van der Waals surface area contributed by atoms with Crippen molar-refractivity contribution in [2.75, 3.05) is 0 Å². The van der Waals surface area contributed by atoms with Gasteiger partial charge in [-0.3, -0.25) is 0 Å². The number of rotatable bonds is 1. The molecule has 0 aliphatic rings. The summed E-state index contributed by atoms with van der Waals surface area (Å²) in [6, 6.07) is 4.88. The Morgan fingerprint density at radius 1 is 1.29 bits per heavy atom. The molecule has 0 fully saturated rings. The van der Waals surface area contributed by atoms with Gasteiger partial charge in [0.15, 0.2) is 0 Å². The van der Waals surface area contributed by atoms with Crippen LogP contribution in [-0.2, 0) is 0 Å². The van der Waals surface area contributed by atoms with Crippen LogP contribution in [0.1, 0.15) is 39.2 Å². The average molecular weight is 215 g/mol. The highest BCUT2D eigenvalue weighted by atomic mass is 35.5. The highest BCUT2D eigenvalue weighted by molar-refractivity contribution is 6.30. The first-order valence-corrected chi connectivity index (χ1v) is 5.15. The Morgan fingerprint density at radius 2 is 1.86 bits per heavy atom. The van der Waals surface area contributed by atoms with Crippen LogP contribution in [0.15, 0.2) is 18.2 Å². The molecule has 78 valence electrons. The second-order valence-electron chi connectivity index (χ2n) is 4.75. The van der Waals surface area contributed by atoms with E-state index in [0.717, 1.165) is 5.56 Å². The molecule has 0 bridgehead atoms. The predicted molar refractivity (Wildman–Crippen MR) is 59.3 cm³/mol. The lowest BCUT2D eigenvalue weighted by Gasteiger charge is -2.27. The summed E-state index contributed by atoms with van der Waals surface area (Å²) in [4.78, 5) is 0. The third-order valence-electron chi connectivity index (χ3n) is 2.73. The fourth-order valence-corrected chi connectivity index (χ4v) is 1.48. The monoisotopic (exact) mass is 214 g/mol. The first kappa shape index (κ1) is 11.5. The number of halogens is 2. The Bertz CT molecular complexity index is 326. The molecular weight excluding hydrogens is 199 g/mol. The standard InChI is InChI=1S/C12H16ClF/c1-8(12(2,3)4)10-6-5-9(13)7-11(10)14/h5-8H,1-4H3/t8-/m0/s1. The molecule has 0 saturated carbocycles. The Kier molecular flexibility index (Phi) is 3.20. The molecule has 2 heteroatoms. The molecule has 1 aromatic carbocycles. The summed E-state index contributed by atoms with van der Waals surface area (Å²) in [6.45, 7) is 8.34. The van der Waals surface area contributed by atoms with Crippen molar-refractivity contribution >= 4 is 11.6 Å². The van der Waals surface area contributed by atoms with E-state index in [1.54, 1.807) is 12.1 Å². The summed E-state index contributed by atoms with van der Waals surface area (Å²) < 4.78 is 13.5. The highest BCUT2D eigenvalue weighted by Gasteiger charge is 2.23. The zero-order valence-electron chi connectivity index (χ0n) is 9.07. The average Bonchev–Trinajstić information content (AvgIpc) is 2.01. The van der Waals surface area contributed by atoms with E-state index in [9.17, 15) is 4.39 Å². The minimum absolute atomic E-state index is 0.0642. The Morgan fingerprint density at radius 3 is 2.29 bits per heavy atom. The van der Waals surface area contributed by atoms with Crippen molar-refractivity contribution in [3.8, 4) is 0 Å². The predicted octanol–water partition coefficient (Wildman–Crippen LogP) is 4.63. The maximum atomic E-state index is 13.5. The maximum absolute atomic E-state index is 13.5. The molecule has 0 radical (unpaired) electrons. The number of hydrogen-bond acceptors (Lipinski definition) is 0. The molecule has 0 amide bonds. The first-order valence-electron chi connectivity index (χ1n) is 4.77. The van der Waals surface area contributed by atoms with Crippen molar-refractivity contribution in [3.63, 3.8) is 0 Å². The van der Waals surface area contributed by atoms with Gasteiger partial charge in [-0.25, -0.2) is 4.39 Å². The van der Waals surface area contributed by atoms with Crippen LogP contribution in [0.25, 0.3) is 0 Å². The van der Waals surface area contributed by atoms with Crippen molar-refractivity contribution in [1.29, 1.82) is 0 Å². The fraction of sp³-hybridized carbons (Fsp3) is 0.500. The lowest BCUT2D eigenvalue weighted by molar-refractivity contribution is 0.331. The molecule has 0 heterocycles. The molecule has 0 saturated heterocycles. The van der Waals surface area contributed by atoms with Gasteiger partial charge in [-0.05, 0) is 29.0 Å². The molecule has 0 nitrogen and oxygen atoms in total. The largest absolute Gasteiger partial charge is 0.207 e. The fourth-order valence-electron chi connectivity index (χ4n) is 1.32. The van der Waals surface area contributed by atoms with E-state index >= 15 is 0 Å². The summed E-state index contributed by atoms with van der Waals surface area (Å²) in [5, 5.41) is 0.451. The van der Waals surface area contributed by atoms with Crippen molar-refractivity contribution in [2.24, 2.45) is 5.41 Å². The van der Waals surface area contributed by atoms with Crippen LogP contribution < -0.4 is 0 Å². The Hall–Kier alpha value is -0.560. The van der Waals surface area contributed by atoms with Gasteiger partial charge in [0.2, 0.25) is 0 Å². The number of hydrogen-bond donors (Lipinski definition) is 0. The zero-order chi connectivity index (χ0) is 10.9. The summed E-state index contributed by atoms with van der Waals surface area (Å²) in [6.07, 6.45) is 0. The third-order valence-corrected chi connectivity index (χ3v) is 2.96. The van der Waals surface area contributed by atoms with E-state index < -0.39 is 0 Å². The van der Waals surface area contributed by atoms with Gasteiger partial charge in [0.05, 0.1) is 0 Å². The second kappa shape index (κ2) is 3.90. The van der Waals surface area contributed by atoms with Gasteiger partial charge < -0.3 is 0 Å². The Balaban J connectivity index is 3.08. The van der Waals surface area contributed by atoms with E-state index in [0.29, 0.717) is 5.02 Å². The van der Waals surface area contributed by atoms with E-state index in [2.05, 4.69) is 20.8 Å². The van der Waals surface area contributed by atoms with Gasteiger partial charge in [-0.2, -0.15) is 0 Å². The van der Waals surface area contributed by atoms with Gasteiger partial charge in [0.25, 0.3) is 0 Å². The van der Waals surface area contributed by atoms with Gasteiger partial charge in [0.1, 0.15) is 5.82 Å². The molecule has 1 aromatic rings. The van der Waals surface area contributed by atoms with Gasteiger partial charge in [-0.15, -0.1) is 0 Å². The van der Waals surface area contributed by atoms with Gasteiger partial charge in [-0.1, -0.05) is 45.4 Å². The molecule has 1 atom stereocenters. The minimum Gasteiger partial charge on any atom is -0.207 e. The van der Waals surface area contributed by atoms with Crippen LogP contribution in [0.5, 0.6) is 0 Å². The molecule has 14 heavy (non-hydrogen) atoms. The van der Waals surface area contributed by atoms with Crippen LogP contribution in [0.4, 0.5) is 4.39 Å². The summed E-state index contributed by atoms with van der Waals surface area (Å²) in [5.74, 6) is -0.0281. The normalized spacial score (nSPS) is 14.1. The van der Waals surface area contributed by atoms with E-state index in [1.165, 1.54) is 6.07 Å². The lowest BCUT2D eigenvalue weighted by Crippen LogP contribution is -2.16. The first-order chi connectivity index (χ1) is 6.32. The van der Waals surface area contributed by atoms with E-state index in [1.807, 2.05) is 6.92 Å². The topological polar surface area (TPSA) is 0 Å². The summed E-state index contributed by atoms with van der Waals surface area (Å²) in [5.41, 5.74) is 0.802. The van der Waals surface area contributed by atoms with E-state index in [4.69, 9.17) is 11.6 Å². The van der Waals surface area contributed by atoms with Crippen LogP contribution in [0.2, 0.25) is 5.02 Å². The smallest absolute Gasteiger partial charge is 0.128 e.